The molecule has 0 bridgehead atoms. The molecule has 2 heteroatoms. The zero-order valence-corrected chi connectivity index (χ0v) is 13.6. The van der Waals surface area contributed by atoms with Crippen LogP contribution in [0.25, 0.3) is 0 Å². The highest BCUT2D eigenvalue weighted by Gasteiger charge is 2.27. The molecule has 0 saturated heterocycles. The third-order valence-electron chi connectivity index (χ3n) is 4.59. The topological polar surface area (TPSA) is 0 Å². The van der Waals surface area contributed by atoms with Crippen LogP contribution in [0.4, 0.5) is 4.39 Å². The van der Waals surface area contributed by atoms with Gasteiger partial charge in [0.15, 0.2) is 0 Å². The van der Waals surface area contributed by atoms with E-state index >= 15 is 0 Å². The van der Waals surface area contributed by atoms with Gasteiger partial charge in [-0.2, -0.15) is 0 Å². The molecular weight excluding hydrogens is 338 g/mol. The van der Waals surface area contributed by atoms with Crippen molar-refractivity contribution in [3.63, 3.8) is 0 Å². The van der Waals surface area contributed by atoms with Crippen LogP contribution in [0.1, 0.15) is 56.6 Å². The van der Waals surface area contributed by atoms with Crippen LogP contribution in [0.5, 0.6) is 0 Å². The third-order valence-corrected chi connectivity index (χ3v) is 5.38. The third kappa shape index (κ3) is 2.89. The molecule has 0 heterocycles. The summed E-state index contributed by atoms with van der Waals surface area (Å²) in [4.78, 5) is 0. The second-order valence-electron chi connectivity index (χ2n) is 5.79. The lowest BCUT2D eigenvalue weighted by atomic mass is 9.71. The molecule has 1 saturated carbocycles. The molecular formula is C16H22FI. The van der Waals surface area contributed by atoms with E-state index in [2.05, 4.69) is 48.6 Å². The first kappa shape index (κ1) is 14.3. The van der Waals surface area contributed by atoms with Crippen LogP contribution < -0.4 is 0 Å². The van der Waals surface area contributed by atoms with Gasteiger partial charge in [0, 0.05) is 3.57 Å². The van der Waals surface area contributed by atoms with Gasteiger partial charge in [0.1, 0.15) is 5.82 Å². The summed E-state index contributed by atoms with van der Waals surface area (Å²) >= 11 is 2.12. The predicted octanol–water partition coefficient (Wildman–Crippen LogP) is 5.67. The van der Waals surface area contributed by atoms with E-state index in [0.717, 1.165) is 21.0 Å². The Labute approximate surface area is 124 Å². The van der Waals surface area contributed by atoms with Crippen molar-refractivity contribution in [2.45, 2.75) is 52.4 Å². The highest BCUT2D eigenvalue weighted by atomic mass is 127. The van der Waals surface area contributed by atoms with Crippen molar-refractivity contribution in [2.24, 2.45) is 11.8 Å². The van der Waals surface area contributed by atoms with Crippen molar-refractivity contribution >= 4 is 22.6 Å². The summed E-state index contributed by atoms with van der Waals surface area (Å²) in [5, 5.41) is 0. The Hall–Kier alpha value is -0.120. The van der Waals surface area contributed by atoms with E-state index in [1.165, 1.54) is 31.2 Å². The van der Waals surface area contributed by atoms with E-state index < -0.39 is 0 Å². The Bertz CT molecular complexity index is 404. The van der Waals surface area contributed by atoms with Crippen LogP contribution in [0, 0.1) is 28.1 Å². The van der Waals surface area contributed by atoms with Gasteiger partial charge in [-0.25, -0.2) is 4.39 Å². The smallest absolute Gasteiger partial charge is 0.139 e. The zero-order valence-electron chi connectivity index (χ0n) is 11.5. The second-order valence-corrected chi connectivity index (χ2v) is 6.95. The highest BCUT2D eigenvalue weighted by molar-refractivity contribution is 14.1. The molecule has 0 radical (unpaired) electrons. The van der Waals surface area contributed by atoms with Gasteiger partial charge in [0.05, 0.1) is 0 Å². The Morgan fingerprint density at radius 3 is 2.67 bits per heavy atom. The molecule has 2 rings (SSSR count). The van der Waals surface area contributed by atoms with Gasteiger partial charge in [0.2, 0.25) is 0 Å². The molecule has 18 heavy (non-hydrogen) atoms. The minimum atomic E-state index is -0.0458. The van der Waals surface area contributed by atoms with Crippen molar-refractivity contribution in [3.8, 4) is 0 Å². The van der Waals surface area contributed by atoms with E-state index in [4.69, 9.17) is 0 Å². The molecule has 1 aliphatic rings. The maximum absolute atomic E-state index is 13.7. The highest BCUT2D eigenvalue weighted by Crippen LogP contribution is 2.41. The summed E-state index contributed by atoms with van der Waals surface area (Å²) < 4.78 is 14.4. The molecule has 1 aromatic carbocycles. The van der Waals surface area contributed by atoms with Gasteiger partial charge in [-0.1, -0.05) is 26.3 Å². The molecule has 0 spiro atoms. The van der Waals surface area contributed by atoms with Crippen molar-refractivity contribution in [1.29, 1.82) is 0 Å². The summed E-state index contributed by atoms with van der Waals surface area (Å²) in [6.45, 7) is 6.55. The molecule has 100 valence electrons. The first-order chi connectivity index (χ1) is 8.52. The molecule has 3 atom stereocenters. The van der Waals surface area contributed by atoms with Gasteiger partial charge < -0.3 is 0 Å². The lowest BCUT2D eigenvalue weighted by Gasteiger charge is -2.34. The number of hydrogen-bond donors (Lipinski definition) is 0. The van der Waals surface area contributed by atoms with Crippen LogP contribution in [0.2, 0.25) is 0 Å². The average Bonchev–Trinajstić information content (AvgIpc) is 2.36. The number of rotatable bonds is 2. The lowest BCUT2D eigenvalue weighted by molar-refractivity contribution is 0.225. The Morgan fingerprint density at radius 2 is 2.06 bits per heavy atom. The maximum Gasteiger partial charge on any atom is 0.139 e. The van der Waals surface area contributed by atoms with Crippen LogP contribution in [0.15, 0.2) is 12.1 Å². The molecule has 0 aromatic heterocycles. The molecule has 0 aliphatic heterocycles. The van der Waals surface area contributed by atoms with Crippen molar-refractivity contribution in [2.75, 3.05) is 0 Å². The molecule has 1 aromatic rings. The summed E-state index contributed by atoms with van der Waals surface area (Å²) in [5.74, 6) is 2.29. The Morgan fingerprint density at radius 1 is 1.33 bits per heavy atom. The zero-order chi connectivity index (χ0) is 13.3. The van der Waals surface area contributed by atoms with E-state index in [-0.39, 0.29) is 5.82 Å². The molecule has 0 amide bonds. The van der Waals surface area contributed by atoms with Gasteiger partial charge in [-0.3, -0.25) is 0 Å². The fourth-order valence-electron chi connectivity index (χ4n) is 3.28. The fraction of sp³-hybridized carbons (Fsp3) is 0.625. The van der Waals surface area contributed by atoms with Crippen LogP contribution in [-0.2, 0) is 0 Å². The summed E-state index contributed by atoms with van der Waals surface area (Å²) in [6.07, 6.45) is 5.13. The van der Waals surface area contributed by atoms with Crippen molar-refractivity contribution < 1.29 is 4.39 Å². The minimum absolute atomic E-state index is 0.0458. The SMILES string of the molecule is CC[C@@H]1CC(c2cc(C)c(F)c(I)c2)CC[C@@H]1C. The normalized spacial score (nSPS) is 28.4. The summed E-state index contributed by atoms with van der Waals surface area (Å²) in [5.41, 5.74) is 2.15. The number of aryl methyl sites for hydroxylation is 1. The molecule has 1 unspecified atom stereocenters. The standard InChI is InChI=1S/C16H22FI/c1-4-12-8-13(6-5-10(12)2)14-7-11(3)16(17)15(18)9-14/h7,9-10,12-13H,4-6,8H2,1-3H3/t10-,12+,13?/m0/s1. The quantitative estimate of drug-likeness (QED) is 0.596. The molecule has 1 fully saturated rings. The molecule has 0 N–H and O–H groups in total. The fourth-order valence-corrected chi connectivity index (χ4v) is 4.06. The van der Waals surface area contributed by atoms with Crippen LogP contribution >= 0.6 is 22.6 Å². The molecule has 0 nitrogen and oxygen atoms in total. The Kier molecular flexibility index (Phi) is 4.68. The average molecular weight is 360 g/mol. The molecule has 1 aliphatic carbocycles. The van der Waals surface area contributed by atoms with E-state index in [0.29, 0.717) is 5.92 Å². The first-order valence-corrected chi connectivity index (χ1v) is 8.06. The monoisotopic (exact) mass is 360 g/mol. The van der Waals surface area contributed by atoms with Crippen LogP contribution in [0.3, 0.4) is 0 Å². The van der Waals surface area contributed by atoms with E-state index in [1.54, 1.807) is 0 Å². The maximum atomic E-state index is 13.7. The largest absolute Gasteiger partial charge is 0.206 e. The van der Waals surface area contributed by atoms with Crippen molar-refractivity contribution in [3.05, 3.63) is 32.6 Å². The minimum Gasteiger partial charge on any atom is -0.206 e. The van der Waals surface area contributed by atoms with Gasteiger partial charge >= 0.3 is 0 Å². The van der Waals surface area contributed by atoms with E-state index in [9.17, 15) is 4.39 Å². The second kappa shape index (κ2) is 5.89. The van der Waals surface area contributed by atoms with Gasteiger partial charge in [-0.05, 0) is 83.7 Å². The van der Waals surface area contributed by atoms with Crippen LogP contribution in [-0.4, -0.2) is 0 Å². The number of hydrogen-bond acceptors (Lipinski definition) is 0. The first-order valence-electron chi connectivity index (χ1n) is 6.98. The van der Waals surface area contributed by atoms with E-state index in [1.807, 2.05) is 6.92 Å². The predicted molar refractivity (Wildman–Crippen MR) is 83.4 cm³/mol. The van der Waals surface area contributed by atoms with Gasteiger partial charge in [-0.15, -0.1) is 0 Å². The van der Waals surface area contributed by atoms with Crippen molar-refractivity contribution in [1.82, 2.24) is 0 Å². The van der Waals surface area contributed by atoms with Gasteiger partial charge in [0.25, 0.3) is 0 Å². The Balaban J connectivity index is 2.22. The summed E-state index contributed by atoms with van der Waals surface area (Å²) in [6, 6.07) is 4.11. The summed E-state index contributed by atoms with van der Waals surface area (Å²) in [7, 11) is 0. The lowest BCUT2D eigenvalue weighted by Crippen LogP contribution is -2.21. The number of halogens is 2. The number of benzene rings is 1.